The van der Waals surface area contributed by atoms with Crippen molar-refractivity contribution in [1.82, 2.24) is 4.57 Å². The SMILES string of the molecule is Cc1ccc(Cn2c(C)cc(C(=O)C(C)Cl)c2C)s1. The van der Waals surface area contributed by atoms with Crippen molar-refractivity contribution in [2.24, 2.45) is 0 Å². The van der Waals surface area contributed by atoms with Crippen molar-refractivity contribution in [2.45, 2.75) is 39.6 Å². The molecule has 0 aromatic carbocycles. The summed E-state index contributed by atoms with van der Waals surface area (Å²) in [6, 6.07) is 6.21. The van der Waals surface area contributed by atoms with Crippen molar-refractivity contribution < 1.29 is 4.79 Å². The van der Waals surface area contributed by atoms with Crippen LogP contribution in [0.4, 0.5) is 0 Å². The maximum Gasteiger partial charge on any atom is 0.182 e. The quantitative estimate of drug-likeness (QED) is 0.608. The second-order valence-electron chi connectivity index (χ2n) is 4.86. The molecule has 0 saturated carbocycles. The van der Waals surface area contributed by atoms with Crippen LogP contribution in [0.3, 0.4) is 0 Å². The molecule has 102 valence electrons. The zero-order chi connectivity index (χ0) is 14.2. The minimum Gasteiger partial charge on any atom is -0.343 e. The van der Waals surface area contributed by atoms with Gasteiger partial charge in [-0.05, 0) is 45.9 Å². The molecule has 0 aliphatic heterocycles. The lowest BCUT2D eigenvalue weighted by molar-refractivity contribution is 0.0991. The number of nitrogens with zero attached hydrogens (tertiary/aromatic N) is 1. The van der Waals surface area contributed by atoms with E-state index in [1.54, 1.807) is 18.3 Å². The Morgan fingerprint density at radius 2 is 2.05 bits per heavy atom. The standard InChI is InChI=1S/C15H18ClNOS/c1-9-7-14(15(18)11(3)16)12(4)17(9)8-13-6-5-10(2)19-13/h5-7,11H,8H2,1-4H3. The number of hydrogen-bond acceptors (Lipinski definition) is 2. The lowest BCUT2D eigenvalue weighted by Gasteiger charge is -2.08. The molecule has 0 spiro atoms. The molecular weight excluding hydrogens is 278 g/mol. The van der Waals surface area contributed by atoms with Gasteiger partial charge in [-0.15, -0.1) is 22.9 Å². The van der Waals surface area contributed by atoms with Crippen LogP contribution in [0.25, 0.3) is 0 Å². The smallest absolute Gasteiger partial charge is 0.182 e. The number of alkyl halides is 1. The summed E-state index contributed by atoms with van der Waals surface area (Å²) in [5.41, 5.74) is 2.85. The van der Waals surface area contributed by atoms with Gasteiger partial charge in [0.05, 0.1) is 11.9 Å². The van der Waals surface area contributed by atoms with E-state index in [2.05, 4.69) is 23.6 Å². The fourth-order valence-corrected chi connectivity index (χ4v) is 3.23. The van der Waals surface area contributed by atoms with Crippen LogP contribution in [0, 0.1) is 20.8 Å². The van der Waals surface area contributed by atoms with Gasteiger partial charge in [0.2, 0.25) is 0 Å². The summed E-state index contributed by atoms with van der Waals surface area (Å²) in [5, 5.41) is -0.474. The average molecular weight is 296 g/mol. The number of halogens is 1. The van der Waals surface area contributed by atoms with Crippen LogP contribution < -0.4 is 0 Å². The molecule has 0 aliphatic rings. The van der Waals surface area contributed by atoms with Gasteiger partial charge in [-0.1, -0.05) is 0 Å². The molecule has 2 rings (SSSR count). The number of ketones is 1. The number of aromatic nitrogens is 1. The number of hydrogen-bond donors (Lipinski definition) is 0. The monoisotopic (exact) mass is 295 g/mol. The van der Waals surface area contributed by atoms with Crippen molar-refractivity contribution in [1.29, 1.82) is 0 Å². The van der Waals surface area contributed by atoms with Gasteiger partial charge in [-0.25, -0.2) is 0 Å². The summed E-state index contributed by atoms with van der Waals surface area (Å²) in [6.45, 7) is 8.66. The van der Waals surface area contributed by atoms with Gasteiger partial charge in [0.1, 0.15) is 0 Å². The van der Waals surface area contributed by atoms with E-state index >= 15 is 0 Å². The van der Waals surface area contributed by atoms with Crippen LogP contribution >= 0.6 is 22.9 Å². The Balaban J connectivity index is 2.34. The first-order chi connectivity index (χ1) is 8.90. The number of carbonyl (C=O) groups excluding carboxylic acids is 1. The number of rotatable bonds is 4. The zero-order valence-corrected chi connectivity index (χ0v) is 13.2. The van der Waals surface area contributed by atoms with Gasteiger partial charge in [-0.3, -0.25) is 4.79 Å². The third kappa shape index (κ3) is 2.93. The van der Waals surface area contributed by atoms with Crippen LogP contribution in [-0.4, -0.2) is 15.7 Å². The predicted octanol–water partition coefficient (Wildman–Crippen LogP) is 4.33. The maximum absolute atomic E-state index is 12.0. The third-order valence-electron chi connectivity index (χ3n) is 3.31. The minimum absolute atomic E-state index is 0.00313. The van der Waals surface area contributed by atoms with Gasteiger partial charge in [0.25, 0.3) is 0 Å². The molecule has 0 amide bonds. The maximum atomic E-state index is 12.0. The highest BCUT2D eigenvalue weighted by Crippen LogP contribution is 2.22. The Kier molecular flexibility index (Phi) is 4.16. The molecule has 0 aliphatic carbocycles. The second kappa shape index (κ2) is 5.51. The molecule has 2 heterocycles. The van der Waals surface area contributed by atoms with Crippen molar-refractivity contribution >= 4 is 28.7 Å². The number of Topliss-reactive ketones (excluding diaryl/α,β-unsaturated/α-hetero) is 1. The Morgan fingerprint density at radius 3 is 2.58 bits per heavy atom. The van der Waals surface area contributed by atoms with Gasteiger partial charge >= 0.3 is 0 Å². The van der Waals surface area contributed by atoms with E-state index in [4.69, 9.17) is 11.6 Å². The Hall–Kier alpha value is -1.06. The molecule has 0 fully saturated rings. The number of carbonyl (C=O) groups is 1. The van der Waals surface area contributed by atoms with Crippen molar-refractivity contribution in [3.8, 4) is 0 Å². The second-order valence-corrected chi connectivity index (χ2v) is 6.89. The lowest BCUT2D eigenvalue weighted by Crippen LogP contribution is -2.12. The van der Waals surface area contributed by atoms with Crippen LogP contribution in [0.15, 0.2) is 18.2 Å². The van der Waals surface area contributed by atoms with Crippen molar-refractivity contribution in [3.05, 3.63) is 44.9 Å². The molecule has 0 radical (unpaired) electrons. The molecule has 19 heavy (non-hydrogen) atoms. The summed E-state index contributed by atoms with van der Waals surface area (Å²) in [5.74, 6) is 0.00313. The minimum atomic E-state index is -0.474. The van der Waals surface area contributed by atoms with Crippen LogP contribution in [0.5, 0.6) is 0 Å². The molecule has 1 atom stereocenters. The molecule has 0 bridgehead atoms. The summed E-state index contributed by atoms with van der Waals surface area (Å²) in [7, 11) is 0. The molecule has 0 N–H and O–H groups in total. The van der Waals surface area contributed by atoms with Crippen LogP contribution in [-0.2, 0) is 6.54 Å². The van der Waals surface area contributed by atoms with E-state index in [-0.39, 0.29) is 5.78 Å². The highest BCUT2D eigenvalue weighted by atomic mass is 35.5. The Morgan fingerprint density at radius 1 is 1.37 bits per heavy atom. The van der Waals surface area contributed by atoms with Crippen molar-refractivity contribution in [3.63, 3.8) is 0 Å². The van der Waals surface area contributed by atoms with E-state index in [0.29, 0.717) is 0 Å². The summed E-state index contributed by atoms with van der Waals surface area (Å²) >= 11 is 7.70. The highest BCUT2D eigenvalue weighted by Gasteiger charge is 2.19. The molecule has 1 unspecified atom stereocenters. The highest BCUT2D eigenvalue weighted by molar-refractivity contribution is 7.11. The van der Waals surface area contributed by atoms with E-state index < -0.39 is 5.38 Å². The lowest BCUT2D eigenvalue weighted by atomic mass is 10.1. The summed E-state index contributed by atoms with van der Waals surface area (Å²) < 4.78 is 2.18. The Labute approximate surface area is 123 Å². The van der Waals surface area contributed by atoms with Gasteiger partial charge in [-0.2, -0.15) is 0 Å². The largest absolute Gasteiger partial charge is 0.343 e. The first kappa shape index (κ1) is 14.4. The summed E-state index contributed by atoms with van der Waals surface area (Å²) in [4.78, 5) is 14.7. The molecular formula is C15H18ClNOS. The van der Waals surface area contributed by atoms with Crippen LogP contribution in [0.2, 0.25) is 0 Å². The topological polar surface area (TPSA) is 22.0 Å². The molecule has 2 nitrogen and oxygen atoms in total. The van der Waals surface area contributed by atoms with Crippen LogP contribution in [0.1, 0.15) is 38.4 Å². The first-order valence-electron chi connectivity index (χ1n) is 6.30. The van der Waals surface area contributed by atoms with Gasteiger partial charge in [0.15, 0.2) is 5.78 Å². The Bertz CT molecular complexity index is 610. The average Bonchev–Trinajstić information content (AvgIpc) is 2.87. The van der Waals surface area contributed by atoms with Crippen molar-refractivity contribution in [2.75, 3.05) is 0 Å². The molecule has 2 aromatic rings. The van der Waals surface area contributed by atoms with E-state index in [1.807, 2.05) is 19.9 Å². The van der Waals surface area contributed by atoms with E-state index in [1.165, 1.54) is 9.75 Å². The third-order valence-corrected chi connectivity index (χ3v) is 4.49. The number of aryl methyl sites for hydroxylation is 2. The first-order valence-corrected chi connectivity index (χ1v) is 7.55. The fourth-order valence-electron chi connectivity index (χ4n) is 2.23. The number of thiophene rings is 1. The molecule has 4 heteroatoms. The predicted molar refractivity (Wildman–Crippen MR) is 81.7 cm³/mol. The van der Waals surface area contributed by atoms with E-state index in [9.17, 15) is 4.79 Å². The van der Waals surface area contributed by atoms with Gasteiger partial charge < -0.3 is 4.57 Å². The molecule has 2 aromatic heterocycles. The van der Waals surface area contributed by atoms with E-state index in [0.717, 1.165) is 23.5 Å². The normalized spacial score (nSPS) is 12.7. The molecule has 0 saturated heterocycles. The zero-order valence-electron chi connectivity index (χ0n) is 11.7. The van der Waals surface area contributed by atoms with Gasteiger partial charge in [0, 0.05) is 26.7 Å². The summed E-state index contributed by atoms with van der Waals surface area (Å²) in [6.07, 6.45) is 0. The fraction of sp³-hybridized carbons (Fsp3) is 0.400.